The molecule has 0 spiro atoms. The molecule has 4 saturated carbocycles. The van der Waals surface area contributed by atoms with Crippen LogP contribution in [-0.4, -0.2) is 17.0 Å². The number of hydrogen-bond donors (Lipinski definition) is 1. The predicted octanol–water partition coefficient (Wildman–Crippen LogP) is 9.52. The molecule has 226 valence electrons. The highest BCUT2D eigenvalue weighted by Crippen LogP contribution is 2.75. The monoisotopic (exact) mass is 558 g/mol. The van der Waals surface area contributed by atoms with Gasteiger partial charge in [-0.1, -0.05) is 89.9 Å². The summed E-state index contributed by atoms with van der Waals surface area (Å²) in [4.78, 5) is 14.5. The van der Waals surface area contributed by atoms with E-state index in [9.17, 15) is 9.90 Å². The molecule has 1 N–H and O–H groups in total. The largest absolute Gasteiger partial charge is 0.393 e. The van der Waals surface area contributed by atoms with Gasteiger partial charge in [-0.15, -0.1) is 0 Å². The Morgan fingerprint density at radius 3 is 2.41 bits per heavy atom. The van der Waals surface area contributed by atoms with Crippen LogP contribution >= 0.6 is 0 Å². The molecular weight excluding hydrogens is 500 g/mol. The minimum Gasteiger partial charge on any atom is -0.393 e. The van der Waals surface area contributed by atoms with Crippen LogP contribution in [0.3, 0.4) is 0 Å². The molecule has 5 aliphatic carbocycles. The topological polar surface area (TPSA) is 37.3 Å². The zero-order chi connectivity index (χ0) is 29.6. The average Bonchev–Trinajstić information content (AvgIpc) is 2.92. The van der Waals surface area contributed by atoms with Crippen LogP contribution in [0.25, 0.3) is 0 Å². The lowest BCUT2D eigenvalue weighted by Gasteiger charge is -2.71. The molecule has 0 aliphatic heterocycles. The Balaban J connectivity index is 1.36. The van der Waals surface area contributed by atoms with Gasteiger partial charge >= 0.3 is 0 Å². The molecule has 0 saturated heterocycles. The van der Waals surface area contributed by atoms with Crippen molar-refractivity contribution in [1.29, 1.82) is 0 Å². The van der Waals surface area contributed by atoms with E-state index in [2.05, 4.69) is 85.7 Å². The van der Waals surface area contributed by atoms with Crippen LogP contribution in [-0.2, 0) is 11.2 Å². The molecule has 4 fully saturated rings. The number of aliphatic hydroxyl groups is 1. The van der Waals surface area contributed by atoms with E-state index < -0.39 is 0 Å². The summed E-state index contributed by atoms with van der Waals surface area (Å²) in [7, 11) is 0. The Labute approximate surface area is 251 Å². The van der Waals surface area contributed by atoms with E-state index in [1.54, 1.807) is 5.57 Å². The first kappa shape index (κ1) is 29.7. The van der Waals surface area contributed by atoms with Gasteiger partial charge in [0.2, 0.25) is 0 Å². The van der Waals surface area contributed by atoms with Crippen molar-refractivity contribution in [3.05, 3.63) is 47.0 Å². The highest BCUT2D eigenvalue weighted by Gasteiger charge is 2.69. The lowest BCUT2D eigenvalue weighted by atomic mass is 9.33. The summed E-state index contributed by atoms with van der Waals surface area (Å²) in [6.45, 7) is 19.7. The molecule has 6 rings (SSSR count). The van der Waals surface area contributed by atoms with Crippen molar-refractivity contribution < 1.29 is 9.90 Å². The molecule has 1 aromatic carbocycles. The number of Topliss-reactive ketones (excluding diaryl/α,β-unsaturated/α-hetero) is 1. The van der Waals surface area contributed by atoms with Crippen LogP contribution in [0.2, 0.25) is 0 Å². The summed E-state index contributed by atoms with van der Waals surface area (Å²) in [6.07, 6.45) is 14.3. The number of benzene rings is 1. The van der Waals surface area contributed by atoms with Gasteiger partial charge in [0.15, 0.2) is 0 Å². The number of carbonyl (C=O) groups is 1. The van der Waals surface area contributed by atoms with Crippen molar-refractivity contribution >= 4 is 5.78 Å². The second-order valence-electron chi connectivity index (χ2n) is 17.1. The number of aliphatic hydroxyl groups excluding tert-OH is 1. The van der Waals surface area contributed by atoms with Gasteiger partial charge in [0.05, 0.1) is 6.10 Å². The van der Waals surface area contributed by atoms with E-state index in [1.807, 2.05) is 0 Å². The molecule has 0 unspecified atom stereocenters. The number of carbonyl (C=O) groups excluding carboxylic acids is 1. The summed E-state index contributed by atoms with van der Waals surface area (Å²) in [5, 5.41) is 11.0. The van der Waals surface area contributed by atoms with Crippen molar-refractivity contribution in [2.45, 2.75) is 132 Å². The van der Waals surface area contributed by atoms with Crippen LogP contribution < -0.4 is 0 Å². The maximum Gasteiger partial charge on any atom is 0.139 e. The quantitative estimate of drug-likeness (QED) is 0.374. The minimum atomic E-state index is -0.180. The van der Waals surface area contributed by atoms with E-state index in [0.29, 0.717) is 41.8 Å². The summed E-state index contributed by atoms with van der Waals surface area (Å²) >= 11 is 0. The van der Waals surface area contributed by atoms with Crippen molar-refractivity contribution in [2.24, 2.45) is 56.7 Å². The third-order valence-corrected chi connectivity index (χ3v) is 15.2. The van der Waals surface area contributed by atoms with E-state index in [1.165, 1.54) is 30.4 Å². The van der Waals surface area contributed by atoms with Crippen molar-refractivity contribution in [2.75, 3.05) is 0 Å². The maximum absolute atomic E-state index is 14.5. The summed E-state index contributed by atoms with van der Waals surface area (Å²) < 4.78 is 0. The smallest absolute Gasteiger partial charge is 0.139 e. The van der Waals surface area contributed by atoms with Crippen LogP contribution in [0, 0.1) is 63.6 Å². The number of hydrogen-bond acceptors (Lipinski definition) is 2. The first-order valence-electron chi connectivity index (χ1n) is 17.2. The summed E-state index contributed by atoms with van der Waals surface area (Å²) in [6, 6.07) is 8.75. The first-order valence-corrected chi connectivity index (χ1v) is 17.2. The van der Waals surface area contributed by atoms with Gasteiger partial charge in [-0.3, -0.25) is 4.79 Å². The highest BCUT2D eigenvalue weighted by molar-refractivity contribution is 5.86. The Morgan fingerprint density at radius 2 is 1.68 bits per heavy atom. The standard InChI is InChI=1S/C39H58O2/c1-25-10-9-11-28(24-25)12-15-33(41)39-21-16-26(2)27(3)34(39)29-13-14-31-36(6)19-18-32(40)35(4,5)30(36)17-20-38(31,8)37(29,7)22-23-39/h9-11,13,24,26-27,30-32,34,40H,12,14-23H2,1-8H3/t26-,27+,30+,31-,32+,34+,36+,37-,38-,39-/m1/s1. The Morgan fingerprint density at radius 1 is 0.927 bits per heavy atom. The second kappa shape index (κ2) is 9.80. The lowest BCUT2D eigenvalue weighted by Crippen LogP contribution is -2.65. The number of fused-ring (bicyclic) bond motifs is 7. The van der Waals surface area contributed by atoms with E-state index in [4.69, 9.17) is 0 Å². The SMILES string of the molecule is Cc1cccc(CCC(=O)[C@]23CC[C@@H](C)[C@H](C)[C@H]2C2=CC[C@@H]4[C@@]5(C)CC[C@H](O)C(C)(C)[C@@H]5CC[C@@]4(C)[C@]2(C)CC3)c1. The van der Waals surface area contributed by atoms with Gasteiger partial charge in [-0.2, -0.15) is 0 Å². The number of aryl methyl sites for hydroxylation is 2. The molecule has 2 heteroatoms. The van der Waals surface area contributed by atoms with Crippen molar-refractivity contribution in [3.8, 4) is 0 Å². The van der Waals surface area contributed by atoms with E-state index in [-0.39, 0.29) is 33.2 Å². The Bertz CT molecular complexity index is 1230. The molecule has 0 radical (unpaired) electrons. The predicted molar refractivity (Wildman–Crippen MR) is 169 cm³/mol. The van der Waals surface area contributed by atoms with Crippen LogP contribution in [0.4, 0.5) is 0 Å². The third-order valence-electron chi connectivity index (χ3n) is 15.2. The van der Waals surface area contributed by atoms with Crippen LogP contribution in [0.5, 0.6) is 0 Å². The third kappa shape index (κ3) is 4.08. The lowest BCUT2D eigenvalue weighted by molar-refractivity contribution is -0.204. The molecule has 2 nitrogen and oxygen atoms in total. The fraction of sp³-hybridized carbons (Fsp3) is 0.769. The van der Waals surface area contributed by atoms with Gasteiger partial charge in [0.25, 0.3) is 0 Å². The van der Waals surface area contributed by atoms with Crippen molar-refractivity contribution in [3.63, 3.8) is 0 Å². The van der Waals surface area contributed by atoms with E-state index >= 15 is 0 Å². The molecule has 10 atom stereocenters. The van der Waals surface area contributed by atoms with Gasteiger partial charge in [-0.05, 0) is 128 Å². The molecule has 0 heterocycles. The normalized spacial score (nSPS) is 46.8. The van der Waals surface area contributed by atoms with Gasteiger partial charge in [-0.25, -0.2) is 0 Å². The van der Waals surface area contributed by atoms with Crippen LogP contribution in [0.1, 0.15) is 124 Å². The van der Waals surface area contributed by atoms with Gasteiger partial charge in [0, 0.05) is 11.8 Å². The summed E-state index contributed by atoms with van der Waals surface area (Å²) in [5.74, 6) is 3.39. The second-order valence-corrected chi connectivity index (χ2v) is 17.1. The first-order chi connectivity index (χ1) is 19.2. The average molecular weight is 559 g/mol. The van der Waals surface area contributed by atoms with E-state index in [0.717, 1.165) is 44.9 Å². The fourth-order valence-corrected chi connectivity index (χ4v) is 12.3. The molecule has 41 heavy (non-hydrogen) atoms. The molecular formula is C39H58O2. The zero-order valence-corrected chi connectivity index (χ0v) is 27.5. The van der Waals surface area contributed by atoms with Crippen LogP contribution in [0.15, 0.2) is 35.9 Å². The molecule has 1 aromatic rings. The fourth-order valence-electron chi connectivity index (χ4n) is 12.3. The number of rotatable bonds is 4. The number of allylic oxidation sites excluding steroid dienone is 2. The van der Waals surface area contributed by atoms with Gasteiger partial charge in [0.1, 0.15) is 5.78 Å². The van der Waals surface area contributed by atoms with Gasteiger partial charge < -0.3 is 5.11 Å². The summed E-state index contributed by atoms with van der Waals surface area (Å²) in [5.41, 5.74) is 4.75. The molecule has 0 bridgehead atoms. The Hall–Kier alpha value is -1.41. The molecule has 0 aromatic heterocycles. The molecule has 5 aliphatic rings. The highest BCUT2D eigenvalue weighted by atomic mass is 16.3. The maximum atomic E-state index is 14.5. The zero-order valence-electron chi connectivity index (χ0n) is 27.5. The molecule has 0 amide bonds. The minimum absolute atomic E-state index is 0.0159. The van der Waals surface area contributed by atoms with Crippen molar-refractivity contribution in [1.82, 2.24) is 0 Å². The Kier molecular flexibility index (Phi) is 7.09. The number of ketones is 1.